The summed E-state index contributed by atoms with van der Waals surface area (Å²) in [6, 6.07) is 7.26. The van der Waals surface area contributed by atoms with Gasteiger partial charge < -0.3 is 5.32 Å². The smallest absolute Gasteiger partial charge is 0.123 e. The third-order valence-electron chi connectivity index (χ3n) is 4.91. The van der Waals surface area contributed by atoms with Crippen LogP contribution in [0.3, 0.4) is 0 Å². The fourth-order valence-electron chi connectivity index (χ4n) is 3.82. The lowest BCUT2D eigenvalue weighted by molar-refractivity contribution is 0.343. The van der Waals surface area contributed by atoms with E-state index in [1.165, 1.54) is 18.4 Å². The molecule has 0 amide bonds. The summed E-state index contributed by atoms with van der Waals surface area (Å²) >= 11 is 0. The molecule has 1 aromatic rings. The summed E-state index contributed by atoms with van der Waals surface area (Å²) in [5.41, 5.74) is 1.19. The summed E-state index contributed by atoms with van der Waals surface area (Å²) in [5, 5.41) is 3.73. The van der Waals surface area contributed by atoms with Gasteiger partial charge in [0.2, 0.25) is 0 Å². The van der Waals surface area contributed by atoms with Gasteiger partial charge in [0.05, 0.1) is 0 Å². The van der Waals surface area contributed by atoms with Crippen LogP contribution < -0.4 is 5.32 Å². The second-order valence-electron chi connectivity index (χ2n) is 6.72. The highest BCUT2D eigenvalue weighted by molar-refractivity contribution is 5.20. The molecule has 4 unspecified atom stereocenters. The maximum atomic E-state index is 13.1. The normalized spacial score (nSPS) is 29.3. The van der Waals surface area contributed by atoms with Crippen LogP contribution in [0.5, 0.6) is 0 Å². The van der Waals surface area contributed by atoms with Gasteiger partial charge in [0.25, 0.3) is 0 Å². The van der Waals surface area contributed by atoms with Gasteiger partial charge in [-0.25, -0.2) is 4.39 Å². The molecule has 0 aromatic heterocycles. The predicted octanol–water partition coefficient (Wildman–Crippen LogP) is 4.32. The summed E-state index contributed by atoms with van der Waals surface area (Å²) in [6.07, 6.45) is 7.49. The van der Waals surface area contributed by atoms with E-state index in [1.807, 2.05) is 12.1 Å². The van der Waals surface area contributed by atoms with Crippen LogP contribution in [-0.2, 0) is 0 Å². The van der Waals surface area contributed by atoms with Crippen molar-refractivity contribution in [2.24, 2.45) is 23.7 Å². The van der Waals surface area contributed by atoms with Gasteiger partial charge >= 0.3 is 0 Å². The Kier molecular flexibility index (Phi) is 3.93. The molecule has 1 nitrogen and oxygen atoms in total. The minimum atomic E-state index is -0.158. The molecule has 108 valence electrons. The first-order valence-electron chi connectivity index (χ1n) is 7.80. The molecule has 0 aliphatic heterocycles. The Bertz CT molecular complexity index is 477. The van der Waals surface area contributed by atoms with Crippen molar-refractivity contribution in [2.75, 3.05) is 6.54 Å². The quantitative estimate of drug-likeness (QED) is 0.788. The number of fused-ring (bicyclic) bond motifs is 2. The van der Waals surface area contributed by atoms with E-state index < -0.39 is 0 Å². The maximum absolute atomic E-state index is 13.1. The Morgan fingerprint density at radius 1 is 1.15 bits per heavy atom. The highest BCUT2D eigenvalue weighted by atomic mass is 19.1. The Morgan fingerprint density at radius 3 is 2.45 bits per heavy atom. The van der Waals surface area contributed by atoms with Crippen LogP contribution in [0.1, 0.15) is 38.3 Å². The fraction of sp³-hybridized carbons (Fsp3) is 0.556. The molecule has 20 heavy (non-hydrogen) atoms. The summed E-state index contributed by atoms with van der Waals surface area (Å²) < 4.78 is 13.1. The number of halogens is 1. The Morgan fingerprint density at radius 2 is 1.90 bits per heavy atom. The van der Waals surface area contributed by atoms with Crippen LogP contribution in [0.4, 0.5) is 4.39 Å². The number of benzene rings is 1. The van der Waals surface area contributed by atoms with Crippen molar-refractivity contribution in [1.82, 2.24) is 5.32 Å². The molecule has 0 radical (unpaired) electrons. The van der Waals surface area contributed by atoms with Gasteiger partial charge in [-0.3, -0.25) is 0 Å². The minimum Gasteiger partial charge on any atom is -0.309 e. The second-order valence-corrected chi connectivity index (χ2v) is 6.72. The molecule has 2 aliphatic rings. The molecule has 1 aromatic carbocycles. The standard InChI is InChI=1S/C18H24FN/c1-12(2)18(14-5-7-17(19)8-6-14)20-11-16-10-13-3-4-15(16)9-13/h3-8,12-13,15-16,18,20H,9-11H2,1-2H3. The molecule has 2 heteroatoms. The average Bonchev–Trinajstić information content (AvgIpc) is 3.03. The van der Waals surface area contributed by atoms with Crippen LogP contribution in [0.15, 0.2) is 36.4 Å². The second kappa shape index (κ2) is 5.69. The Balaban J connectivity index is 1.63. The van der Waals surface area contributed by atoms with Crippen molar-refractivity contribution in [3.05, 3.63) is 47.8 Å². The van der Waals surface area contributed by atoms with Crippen molar-refractivity contribution in [3.63, 3.8) is 0 Å². The van der Waals surface area contributed by atoms with E-state index in [9.17, 15) is 4.39 Å². The summed E-state index contributed by atoms with van der Waals surface area (Å²) in [5.74, 6) is 2.75. The van der Waals surface area contributed by atoms with Gasteiger partial charge in [0.1, 0.15) is 5.82 Å². The summed E-state index contributed by atoms with van der Waals surface area (Å²) in [7, 11) is 0. The van der Waals surface area contributed by atoms with E-state index in [0.717, 1.165) is 24.3 Å². The van der Waals surface area contributed by atoms with E-state index in [-0.39, 0.29) is 5.82 Å². The van der Waals surface area contributed by atoms with Crippen molar-refractivity contribution in [3.8, 4) is 0 Å². The molecule has 3 rings (SSSR count). The van der Waals surface area contributed by atoms with Gasteiger partial charge in [-0.05, 0) is 60.8 Å². The van der Waals surface area contributed by atoms with Crippen LogP contribution in [0.25, 0.3) is 0 Å². The molecule has 1 N–H and O–H groups in total. The third kappa shape index (κ3) is 2.80. The zero-order chi connectivity index (χ0) is 14.1. The lowest BCUT2D eigenvalue weighted by Crippen LogP contribution is -2.32. The molecule has 1 saturated carbocycles. The molecule has 4 atom stereocenters. The van der Waals surface area contributed by atoms with E-state index in [0.29, 0.717) is 12.0 Å². The largest absolute Gasteiger partial charge is 0.309 e. The molecule has 2 aliphatic carbocycles. The number of allylic oxidation sites excluding steroid dienone is 2. The topological polar surface area (TPSA) is 12.0 Å². The van der Waals surface area contributed by atoms with Crippen LogP contribution in [0, 0.1) is 29.5 Å². The first kappa shape index (κ1) is 13.8. The van der Waals surface area contributed by atoms with Gasteiger partial charge in [0.15, 0.2) is 0 Å². The molecule has 1 fully saturated rings. The summed E-state index contributed by atoms with van der Waals surface area (Å²) in [4.78, 5) is 0. The van der Waals surface area contributed by atoms with Crippen LogP contribution >= 0.6 is 0 Å². The van der Waals surface area contributed by atoms with E-state index in [1.54, 1.807) is 12.1 Å². The average molecular weight is 273 g/mol. The number of rotatable bonds is 5. The highest BCUT2D eigenvalue weighted by Crippen LogP contribution is 2.43. The van der Waals surface area contributed by atoms with Crippen LogP contribution in [-0.4, -0.2) is 6.54 Å². The maximum Gasteiger partial charge on any atom is 0.123 e. The van der Waals surface area contributed by atoms with Gasteiger partial charge in [-0.15, -0.1) is 0 Å². The zero-order valence-electron chi connectivity index (χ0n) is 12.4. The Labute approximate surface area is 121 Å². The first-order chi connectivity index (χ1) is 9.63. The molecule has 0 saturated heterocycles. The SMILES string of the molecule is CC(C)C(NCC1CC2C=CC1C2)c1ccc(F)cc1. The predicted molar refractivity (Wildman–Crippen MR) is 80.8 cm³/mol. The van der Waals surface area contributed by atoms with Crippen molar-refractivity contribution >= 4 is 0 Å². The van der Waals surface area contributed by atoms with Gasteiger partial charge in [-0.2, -0.15) is 0 Å². The lowest BCUT2D eigenvalue weighted by atomic mass is 9.91. The minimum absolute atomic E-state index is 0.158. The first-order valence-corrected chi connectivity index (χ1v) is 7.80. The van der Waals surface area contributed by atoms with E-state index in [2.05, 4.69) is 31.3 Å². The van der Waals surface area contributed by atoms with Gasteiger partial charge in [0, 0.05) is 6.04 Å². The molecular weight excluding hydrogens is 249 g/mol. The zero-order valence-corrected chi connectivity index (χ0v) is 12.4. The molecule has 0 spiro atoms. The molecule has 0 heterocycles. The van der Waals surface area contributed by atoms with Crippen molar-refractivity contribution < 1.29 is 4.39 Å². The van der Waals surface area contributed by atoms with E-state index >= 15 is 0 Å². The number of nitrogens with one attached hydrogen (secondary N) is 1. The molecular formula is C18H24FN. The Hall–Kier alpha value is -1.15. The third-order valence-corrected chi connectivity index (χ3v) is 4.91. The molecule has 2 bridgehead atoms. The van der Waals surface area contributed by atoms with Gasteiger partial charge in [-0.1, -0.05) is 38.1 Å². The van der Waals surface area contributed by atoms with Crippen molar-refractivity contribution in [1.29, 1.82) is 0 Å². The van der Waals surface area contributed by atoms with Crippen molar-refractivity contribution in [2.45, 2.75) is 32.7 Å². The number of hydrogen-bond donors (Lipinski definition) is 1. The fourth-order valence-corrected chi connectivity index (χ4v) is 3.82. The van der Waals surface area contributed by atoms with Crippen LogP contribution in [0.2, 0.25) is 0 Å². The van der Waals surface area contributed by atoms with E-state index in [4.69, 9.17) is 0 Å². The number of hydrogen-bond acceptors (Lipinski definition) is 1. The lowest BCUT2D eigenvalue weighted by Gasteiger charge is -2.27. The monoisotopic (exact) mass is 273 g/mol. The summed E-state index contributed by atoms with van der Waals surface area (Å²) in [6.45, 7) is 5.52. The highest BCUT2D eigenvalue weighted by Gasteiger charge is 2.35.